The predicted molar refractivity (Wildman–Crippen MR) is 108 cm³/mol. The third-order valence-electron chi connectivity index (χ3n) is 4.09. The van der Waals surface area contributed by atoms with Gasteiger partial charge in [-0.2, -0.15) is 0 Å². The highest BCUT2D eigenvalue weighted by Crippen LogP contribution is 2.14. The molecule has 1 aromatic heterocycles. The van der Waals surface area contributed by atoms with Crippen molar-refractivity contribution in [2.75, 3.05) is 39.8 Å². The lowest BCUT2D eigenvalue weighted by atomic mass is 10.1. The fourth-order valence-electron chi connectivity index (χ4n) is 2.71. The zero-order valence-corrected chi connectivity index (χ0v) is 17.0. The molecule has 7 heteroatoms. The molecule has 2 N–H and O–H groups in total. The summed E-state index contributed by atoms with van der Waals surface area (Å²) in [6, 6.07) is 3.83. The van der Waals surface area contributed by atoms with Crippen LogP contribution in [0.4, 0.5) is 0 Å². The summed E-state index contributed by atoms with van der Waals surface area (Å²) in [4.78, 5) is 10.9. The lowest BCUT2D eigenvalue weighted by molar-refractivity contribution is 0.342. The first kappa shape index (κ1) is 20.4. The normalized spacial score (nSPS) is 18.6. The molecule has 1 aliphatic heterocycles. The molecule has 0 amide bonds. The van der Waals surface area contributed by atoms with Crippen molar-refractivity contribution < 1.29 is 0 Å². The number of hydrogen-bond donors (Lipinski definition) is 2. The Morgan fingerprint density at radius 1 is 1.43 bits per heavy atom. The van der Waals surface area contributed by atoms with Gasteiger partial charge in [0.2, 0.25) is 0 Å². The van der Waals surface area contributed by atoms with Gasteiger partial charge in [0.15, 0.2) is 5.96 Å². The summed E-state index contributed by atoms with van der Waals surface area (Å²) in [5, 5.41) is 7.31. The van der Waals surface area contributed by atoms with Crippen LogP contribution in [0.2, 0.25) is 5.15 Å². The maximum Gasteiger partial charge on any atom is 0.190 e. The second-order valence-corrected chi connectivity index (χ2v) is 6.05. The van der Waals surface area contributed by atoms with Crippen LogP contribution in [0.3, 0.4) is 0 Å². The molecule has 0 radical (unpaired) electrons. The highest BCUT2D eigenvalue weighted by atomic mass is 127. The predicted octanol–water partition coefficient (Wildman–Crippen LogP) is 2.40. The van der Waals surface area contributed by atoms with Crippen molar-refractivity contribution in [3.8, 4) is 0 Å². The summed E-state index contributed by atoms with van der Waals surface area (Å²) in [6.07, 6.45) is 3.99. The zero-order valence-electron chi connectivity index (χ0n) is 13.9. The van der Waals surface area contributed by atoms with Crippen molar-refractivity contribution >= 4 is 41.5 Å². The fourth-order valence-corrected chi connectivity index (χ4v) is 2.82. The first-order valence-electron chi connectivity index (χ1n) is 7.98. The molecule has 2 rings (SSSR count). The van der Waals surface area contributed by atoms with E-state index in [-0.39, 0.29) is 24.0 Å². The number of pyridine rings is 1. The van der Waals surface area contributed by atoms with Crippen molar-refractivity contribution in [2.45, 2.75) is 19.8 Å². The van der Waals surface area contributed by atoms with E-state index in [2.05, 4.69) is 32.4 Å². The lowest BCUT2D eigenvalue weighted by Gasteiger charge is -2.16. The fraction of sp³-hybridized carbons (Fsp3) is 0.625. The maximum absolute atomic E-state index is 5.78. The Morgan fingerprint density at radius 3 is 2.87 bits per heavy atom. The number of hydrogen-bond acceptors (Lipinski definition) is 3. The molecular weight excluding hydrogens is 425 g/mol. The number of halogens is 2. The Balaban J connectivity index is 0.00000264. The van der Waals surface area contributed by atoms with Crippen LogP contribution in [0.1, 0.15) is 18.9 Å². The minimum atomic E-state index is 0. The number of guanidine groups is 1. The molecule has 1 aromatic rings. The second kappa shape index (κ2) is 11.0. The minimum absolute atomic E-state index is 0. The van der Waals surface area contributed by atoms with Crippen LogP contribution in [0.25, 0.3) is 0 Å². The monoisotopic (exact) mass is 451 g/mol. The SMILES string of the molecule is CCN1CCC(CNC(=NC)NCCc2ccc(Cl)nc2)C1.I. The van der Waals surface area contributed by atoms with Crippen LogP contribution < -0.4 is 10.6 Å². The van der Waals surface area contributed by atoms with E-state index >= 15 is 0 Å². The summed E-state index contributed by atoms with van der Waals surface area (Å²) in [7, 11) is 1.81. The molecule has 23 heavy (non-hydrogen) atoms. The quantitative estimate of drug-likeness (QED) is 0.302. The van der Waals surface area contributed by atoms with Gasteiger partial charge in [-0.3, -0.25) is 4.99 Å². The lowest BCUT2D eigenvalue weighted by Crippen LogP contribution is -2.41. The van der Waals surface area contributed by atoms with Gasteiger partial charge in [0.1, 0.15) is 5.15 Å². The van der Waals surface area contributed by atoms with Gasteiger partial charge in [-0.25, -0.2) is 4.98 Å². The van der Waals surface area contributed by atoms with Crippen molar-refractivity contribution in [2.24, 2.45) is 10.9 Å². The van der Waals surface area contributed by atoms with E-state index < -0.39 is 0 Å². The number of rotatable bonds is 6. The van der Waals surface area contributed by atoms with E-state index in [0.29, 0.717) is 5.15 Å². The minimum Gasteiger partial charge on any atom is -0.356 e. The number of aliphatic imine (C=N–C) groups is 1. The smallest absolute Gasteiger partial charge is 0.190 e. The van der Waals surface area contributed by atoms with E-state index in [1.165, 1.54) is 25.1 Å². The second-order valence-electron chi connectivity index (χ2n) is 5.67. The van der Waals surface area contributed by atoms with E-state index in [9.17, 15) is 0 Å². The molecule has 0 aromatic carbocycles. The third kappa shape index (κ3) is 7.22. The number of nitrogens with one attached hydrogen (secondary N) is 2. The van der Waals surface area contributed by atoms with Gasteiger partial charge < -0.3 is 15.5 Å². The Morgan fingerprint density at radius 2 is 2.26 bits per heavy atom. The van der Waals surface area contributed by atoms with E-state index in [1.54, 1.807) is 0 Å². The molecule has 0 aliphatic carbocycles. The average Bonchev–Trinajstić information content (AvgIpc) is 3.00. The highest BCUT2D eigenvalue weighted by Gasteiger charge is 2.20. The van der Waals surface area contributed by atoms with E-state index in [1.807, 2.05) is 25.4 Å². The highest BCUT2D eigenvalue weighted by molar-refractivity contribution is 14.0. The molecule has 0 spiro atoms. The molecule has 1 fully saturated rings. The van der Waals surface area contributed by atoms with Gasteiger partial charge in [0, 0.05) is 32.9 Å². The van der Waals surface area contributed by atoms with Crippen LogP contribution in [-0.2, 0) is 6.42 Å². The van der Waals surface area contributed by atoms with Gasteiger partial charge in [-0.1, -0.05) is 24.6 Å². The first-order chi connectivity index (χ1) is 10.7. The van der Waals surface area contributed by atoms with Crippen LogP contribution in [0.15, 0.2) is 23.3 Å². The Kier molecular flexibility index (Phi) is 9.81. The molecule has 1 saturated heterocycles. The topological polar surface area (TPSA) is 52.5 Å². The Hall–Kier alpha value is -0.600. The summed E-state index contributed by atoms with van der Waals surface area (Å²) in [5.74, 6) is 1.59. The Labute approximate surface area is 161 Å². The largest absolute Gasteiger partial charge is 0.356 e. The standard InChI is InChI=1S/C16H26ClN5.HI/c1-3-22-9-7-14(12-22)11-21-16(18-2)19-8-6-13-4-5-15(17)20-10-13;/h4-5,10,14H,3,6-9,11-12H2,1-2H3,(H2,18,19,21);1H. The number of aromatic nitrogens is 1. The van der Waals surface area contributed by atoms with Crippen molar-refractivity contribution in [3.63, 3.8) is 0 Å². The molecule has 5 nitrogen and oxygen atoms in total. The third-order valence-corrected chi connectivity index (χ3v) is 4.32. The van der Waals surface area contributed by atoms with Gasteiger partial charge in [0.05, 0.1) is 0 Å². The molecule has 0 bridgehead atoms. The molecular formula is C16H27ClIN5. The molecule has 1 unspecified atom stereocenters. The Bertz CT molecular complexity index is 480. The number of likely N-dealkylation sites (tertiary alicyclic amines) is 1. The molecule has 1 atom stereocenters. The summed E-state index contributed by atoms with van der Waals surface area (Å²) in [5.41, 5.74) is 1.17. The van der Waals surface area contributed by atoms with Crippen molar-refractivity contribution in [1.82, 2.24) is 20.5 Å². The van der Waals surface area contributed by atoms with Gasteiger partial charge in [-0.15, -0.1) is 24.0 Å². The zero-order chi connectivity index (χ0) is 15.8. The van der Waals surface area contributed by atoms with E-state index in [0.717, 1.165) is 37.9 Å². The summed E-state index contributed by atoms with van der Waals surface area (Å²) >= 11 is 5.78. The first-order valence-corrected chi connectivity index (χ1v) is 8.36. The molecule has 1 aliphatic rings. The van der Waals surface area contributed by atoms with Gasteiger partial charge >= 0.3 is 0 Å². The van der Waals surface area contributed by atoms with Crippen molar-refractivity contribution in [1.29, 1.82) is 0 Å². The van der Waals surface area contributed by atoms with Crippen LogP contribution in [0, 0.1) is 5.92 Å². The molecule has 2 heterocycles. The van der Waals surface area contributed by atoms with Gasteiger partial charge in [-0.05, 0) is 43.5 Å². The van der Waals surface area contributed by atoms with Crippen LogP contribution in [0.5, 0.6) is 0 Å². The van der Waals surface area contributed by atoms with Gasteiger partial charge in [0.25, 0.3) is 0 Å². The summed E-state index contributed by atoms with van der Waals surface area (Å²) in [6.45, 7) is 7.60. The number of nitrogens with zero attached hydrogens (tertiary/aromatic N) is 3. The summed E-state index contributed by atoms with van der Waals surface area (Å²) < 4.78 is 0. The maximum atomic E-state index is 5.78. The average molecular weight is 452 g/mol. The van der Waals surface area contributed by atoms with E-state index in [4.69, 9.17) is 11.6 Å². The molecule has 130 valence electrons. The van der Waals surface area contributed by atoms with Crippen LogP contribution >= 0.6 is 35.6 Å². The van der Waals surface area contributed by atoms with Crippen molar-refractivity contribution in [3.05, 3.63) is 29.0 Å². The molecule has 0 saturated carbocycles. The van der Waals surface area contributed by atoms with Crippen LogP contribution in [-0.4, -0.2) is 55.6 Å².